The van der Waals surface area contributed by atoms with E-state index < -0.39 is 0 Å². The standard InChI is InChI=1S/C9H15NO2/c1-3-5-7-10-9(11)12-8-6-4-2/h3,5,7-8H2,1-2H3,(H,10,11). The summed E-state index contributed by atoms with van der Waals surface area (Å²) in [5.74, 6) is 5.27. The maximum absolute atomic E-state index is 10.8. The molecule has 0 saturated carbocycles. The maximum Gasteiger partial charge on any atom is 0.408 e. The van der Waals surface area contributed by atoms with E-state index in [0.29, 0.717) is 6.54 Å². The third-order valence-electron chi connectivity index (χ3n) is 1.25. The smallest absolute Gasteiger partial charge is 0.408 e. The predicted molar refractivity (Wildman–Crippen MR) is 47.7 cm³/mol. The molecule has 0 unspecified atom stereocenters. The van der Waals surface area contributed by atoms with Crippen molar-refractivity contribution in [3.05, 3.63) is 0 Å². The van der Waals surface area contributed by atoms with E-state index in [0.717, 1.165) is 12.8 Å². The molecule has 0 aliphatic heterocycles. The average molecular weight is 169 g/mol. The molecule has 0 aromatic carbocycles. The number of carbonyl (C=O) groups excluding carboxylic acids is 1. The van der Waals surface area contributed by atoms with Crippen LogP contribution in [0.25, 0.3) is 0 Å². The number of hydrogen-bond acceptors (Lipinski definition) is 2. The number of ether oxygens (including phenoxy) is 1. The quantitative estimate of drug-likeness (QED) is 0.512. The Morgan fingerprint density at radius 3 is 2.92 bits per heavy atom. The fourth-order valence-electron chi connectivity index (χ4n) is 0.592. The van der Waals surface area contributed by atoms with Gasteiger partial charge in [-0.3, -0.25) is 0 Å². The molecule has 0 aliphatic carbocycles. The van der Waals surface area contributed by atoms with Crippen LogP contribution in [0, 0.1) is 11.8 Å². The van der Waals surface area contributed by atoms with Gasteiger partial charge in [0.25, 0.3) is 0 Å². The Morgan fingerprint density at radius 2 is 2.33 bits per heavy atom. The highest BCUT2D eigenvalue weighted by Gasteiger charge is 1.96. The van der Waals surface area contributed by atoms with Gasteiger partial charge in [-0.05, 0) is 13.3 Å². The van der Waals surface area contributed by atoms with Crippen LogP contribution in [0.2, 0.25) is 0 Å². The van der Waals surface area contributed by atoms with Crippen molar-refractivity contribution in [2.75, 3.05) is 13.2 Å². The molecule has 0 aromatic rings. The molecule has 68 valence electrons. The normalized spacial score (nSPS) is 8.17. The van der Waals surface area contributed by atoms with E-state index >= 15 is 0 Å². The third kappa shape index (κ3) is 6.94. The zero-order valence-electron chi connectivity index (χ0n) is 7.64. The first kappa shape index (κ1) is 10.8. The number of amides is 1. The molecular formula is C9H15NO2. The minimum atomic E-state index is -0.383. The van der Waals surface area contributed by atoms with E-state index in [-0.39, 0.29) is 12.7 Å². The SMILES string of the molecule is CC#CCOC(=O)NCCCC. The van der Waals surface area contributed by atoms with Crippen molar-refractivity contribution >= 4 is 6.09 Å². The molecule has 0 fully saturated rings. The number of rotatable bonds is 4. The van der Waals surface area contributed by atoms with Gasteiger partial charge in [0.05, 0.1) is 0 Å². The van der Waals surface area contributed by atoms with Crippen molar-refractivity contribution in [1.82, 2.24) is 5.32 Å². The Bertz CT molecular complexity index is 179. The van der Waals surface area contributed by atoms with Gasteiger partial charge < -0.3 is 10.1 Å². The Morgan fingerprint density at radius 1 is 1.58 bits per heavy atom. The van der Waals surface area contributed by atoms with Crippen molar-refractivity contribution < 1.29 is 9.53 Å². The lowest BCUT2D eigenvalue weighted by atomic mass is 10.3. The Balaban J connectivity index is 3.25. The summed E-state index contributed by atoms with van der Waals surface area (Å²) in [7, 11) is 0. The molecule has 12 heavy (non-hydrogen) atoms. The van der Waals surface area contributed by atoms with Gasteiger partial charge in [-0.1, -0.05) is 19.3 Å². The Labute approximate surface area is 73.5 Å². The lowest BCUT2D eigenvalue weighted by Gasteiger charge is -2.02. The van der Waals surface area contributed by atoms with Crippen LogP contribution in [0.15, 0.2) is 0 Å². The number of alkyl carbamates (subject to hydrolysis) is 1. The van der Waals surface area contributed by atoms with Crippen LogP contribution in [0.1, 0.15) is 26.7 Å². The molecule has 0 bridgehead atoms. The number of unbranched alkanes of at least 4 members (excludes halogenated alkanes) is 1. The van der Waals surface area contributed by atoms with Crippen LogP contribution in [0.3, 0.4) is 0 Å². The lowest BCUT2D eigenvalue weighted by molar-refractivity contribution is 0.160. The minimum Gasteiger partial charge on any atom is -0.436 e. The first-order chi connectivity index (χ1) is 5.81. The molecule has 0 saturated heterocycles. The molecule has 0 atom stereocenters. The van der Waals surface area contributed by atoms with Gasteiger partial charge in [-0.25, -0.2) is 4.79 Å². The fraction of sp³-hybridized carbons (Fsp3) is 0.667. The molecule has 0 radical (unpaired) electrons. The molecule has 0 spiro atoms. The van der Waals surface area contributed by atoms with Crippen molar-refractivity contribution in [1.29, 1.82) is 0 Å². The monoisotopic (exact) mass is 169 g/mol. The summed E-state index contributed by atoms with van der Waals surface area (Å²) >= 11 is 0. The summed E-state index contributed by atoms with van der Waals surface area (Å²) in [5.41, 5.74) is 0. The van der Waals surface area contributed by atoms with E-state index in [1.165, 1.54) is 0 Å². The molecule has 0 rings (SSSR count). The molecular weight excluding hydrogens is 154 g/mol. The highest BCUT2D eigenvalue weighted by atomic mass is 16.5. The van der Waals surface area contributed by atoms with Gasteiger partial charge in [0.1, 0.15) is 0 Å². The summed E-state index contributed by atoms with van der Waals surface area (Å²) in [6.07, 6.45) is 1.66. The Kier molecular flexibility index (Phi) is 7.16. The van der Waals surface area contributed by atoms with E-state index in [1.54, 1.807) is 6.92 Å². The van der Waals surface area contributed by atoms with Crippen LogP contribution < -0.4 is 5.32 Å². The first-order valence-electron chi connectivity index (χ1n) is 4.11. The van der Waals surface area contributed by atoms with Crippen LogP contribution in [0.4, 0.5) is 4.79 Å². The van der Waals surface area contributed by atoms with Crippen LogP contribution in [-0.4, -0.2) is 19.2 Å². The van der Waals surface area contributed by atoms with Crippen molar-refractivity contribution in [2.45, 2.75) is 26.7 Å². The van der Waals surface area contributed by atoms with Crippen LogP contribution in [0.5, 0.6) is 0 Å². The molecule has 0 heterocycles. The summed E-state index contributed by atoms with van der Waals surface area (Å²) < 4.78 is 4.71. The predicted octanol–water partition coefficient (Wildman–Crippen LogP) is 1.54. The summed E-state index contributed by atoms with van der Waals surface area (Å²) in [5, 5.41) is 2.61. The maximum atomic E-state index is 10.8. The van der Waals surface area contributed by atoms with Crippen molar-refractivity contribution in [3.8, 4) is 11.8 Å². The zero-order chi connectivity index (χ0) is 9.23. The highest BCUT2D eigenvalue weighted by molar-refractivity contribution is 5.67. The average Bonchev–Trinajstić information content (AvgIpc) is 2.06. The topological polar surface area (TPSA) is 38.3 Å². The summed E-state index contributed by atoms with van der Waals surface area (Å²) in [6.45, 7) is 4.62. The fourth-order valence-corrected chi connectivity index (χ4v) is 0.592. The lowest BCUT2D eigenvalue weighted by Crippen LogP contribution is -2.25. The molecule has 0 aliphatic rings. The van der Waals surface area contributed by atoms with Crippen molar-refractivity contribution in [3.63, 3.8) is 0 Å². The molecule has 1 N–H and O–H groups in total. The number of hydrogen-bond donors (Lipinski definition) is 1. The molecule has 0 aromatic heterocycles. The molecule has 3 heteroatoms. The number of nitrogens with one attached hydrogen (secondary N) is 1. The van der Waals surface area contributed by atoms with E-state index in [1.807, 2.05) is 0 Å². The number of carbonyl (C=O) groups is 1. The van der Waals surface area contributed by atoms with Crippen LogP contribution >= 0.6 is 0 Å². The zero-order valence-corrected chi connectivity index (χ0v) is 7.64. The van der Waals surface area contributed by atoms with E-state index in [4.69, 9.17) is 4.74 Å². The van der Waals surface area contributed by atoms with Crippen LogP contribution in [-0.2, 0) is 4.74 Å². The largest absolute Gasteiger partial charge is 0.436 e. The minimum absolute atomic E-state index is 0.175. The second-order valence-corrected chi connectivity index (χ2v) is 2.28. The van der Waals surface area contributed by atoms with Gasteiger partial charge in [0.15, 0.2) is 6.61 Å². The van der Waals surface area contributed by atoms with E-state index in [2.05, 4.69) is 24.1 Å². The second kappa shape index (κ2) is 7.93. The van der Waals surface area contributed by atoms with Gasteiger partial charge in [0.2, 0.25) is 0 Å². The summed E-state index contributed by atoms with van der Waals surface area (Å²) in [4.78, 5) is 10.8. The first-order valence-corrected chi connectivity index (χ1v) is 4.11. The highest BCUT2D eigenvalue weighted by Crippen LogP contribution is 1.83. The van der Waals surface area contributed by atoms with Gasteiger partial charge in [-0.15, -0.1) is 5.92 Å². The summed E-state index contributed by atoms with van der Waals surface area (Å²) in [6, 6.07) is 0. The van der Waals surface area contributed by atoms with Crippen molar-refractivity contribution in [2.24, 2.45) is 0 Å². The van der Waals surface area contributed by atoms with Gasteiger partial charge in [-0.2, -0.15) is 0 Å². The molecule has 1 amide bonds. The third-order valence-corrected chi connectivity index (χ3v) is 1.25. The second-order valence-electron chi connectivity index (χ2n) is 2.28. The van der Waals surface area contributed by atoms with Gasteiger partial charge in [0, 0.05) is 6.54 Å². The molecule has 3 nitrogen and oxygen atoms in total. The van der Waals surface area contributed by atoms with Gasteiger partial charge >= 0.3 is 6.09 Å². The Hall–Kier alpha value is -1.17. The van der Waals surface area contributed by atoms with E-state index in [9.17, 15) is 4.79 Å².